The number of hydrogen-bond donors (Lipinski definition) is 1. The van der Waals surface area contributed by atoms with E-state index in [0.717, 1.165) is 48.7 Å². The highest BCUT2D eigenvalue weighted by molar-refractivity contribution is 5.79. The Hall–Kier alpha value is -2.49. The molecule has 3 rings (SSSR count). The number of anilines is 2. The lowest BCUT2D eigenvalue weighted by molar-refractivity contribution is -0.130. The van der Waals surface area contributed by atoms with E-state index in [9.17, 15) is 4.79 Å². The smallest absolute Gasteiger partial charge is 0.227 e. The Morgan fingerprint density at radius 2 is 1.74 bits per heavy atom. The van der Waals surface area contributed by atoms with Crippen LogP contribution in [-0.4, -0.2) is 37.0 Å². The van der Waals surface area contributed by atoms with Gasteiger partial charge in [0, 0.05) is 37.6 Å². The van der Waals surface area contributed by atoms with Crippen molar-refractivity contribution in [2.75, 3.05) is 36.8 Å². The summed E-state index contributed by atoms with van der Waals surface area (Å²) in [6.07, 6.45) is 0.484. The lowest BCUT2D eigenvalue weighted by atomic mass is 10.1. The van der Waals surface area contributed by atoms with E-state index >= 15 is 0 Å². The molecule has 4 nitrogen and oxygen atoms in total. The van der Waals surface area contributed by atoms with Gasteiger partial charge in [-0.05, 0) is 30.2 Å². The number of carbonyl (C=O) groups excluding carboxylic acids is 1. The van der Waals surface area contributed by atoms with Crippen LogP contribution in [-0.2, 0) is 11.2 Å². The molecule has 1 aliphatic rings. The fraction of sp³-hybridized carbons (Fsp3) is 0.316. The third kappa shape index (κ3) is 3.65. The van der Waals surface area contributed by atoms with Gasteiger partial charge in [0.05, 0.1) is 6.42 Å². The molecule has 1 fully saturated rings. The molecule has 4 heteroatoms. The molecule has 0 bridgehead atoms. The van der Waals surface area contributed by atoms with Crippen LogP contribution in [0.2, 0.25) is 0 Å². The first-order chi connectivity index (χ1) is 11.1. The number of rotatable bonds is 3. The zero-order valence-electron chi connectivity index (χ0n) is 13.5. The lowest BCUT2D eigenvalue weighted by Crippen LogP contribution is -2.49. The summed E-state index contributed by atoms with van der Waals surface area (Å²) in [7, 11) is 0. The van der Waals surface area contributed by atoms with Crippen molar-refractivity contribution >= 4 is 17.3 Å². The predicted molar refractivity (Wildman–Crippen MR) is 94.5 cm³/mol. The van der Waals surface area contributed by atoms with Crippen molar-refractivity contribution in [3.63, 3.8) is 0 Å². The second-order valence-electron chi connectivity index (χ2n) is 6.07. The van der Waals surface area contributed by atoms with Crippen molar-refractivity contribution < 1.29 is 4.79 Å². The Morgan fingerprint density at radius 3 is 2.39 bits per heavy atom. The highest BCUT2D eigenvalue weighted by atomic mass is 16.2. The van der Waals surface area contributed by atoms with Gasteiger partial charge in [0.25, 0.3) is 0 Å². The molecule has 1 amide bonds. The molecule has 0 atom stereocenters. The molecular weight excluding hydrogens is 286 g/mol. The molecular formula is C19H23N3O. The van der Waals surface area contributed by atoms with Crippen LogP contribution in [0.3, 0.4) is 0 Å². The zero-order valence-corrected chi connectivity index (χ0v) is 13.5. The normalized spacial score (nSPS) is 14.8. The Kier molecular flexibility index (Phi) is 4.51. The van der Waals surface area contributed by atoms with Gasteiger partial charge in [-0.3, -0.25) is 4.79 Å². The topological polar surface area (TPSA) is 49.6 Å². The highest BCUT2D eigenvalue weighted by Gasteiger charge is 2.21. The zero-order chi connectivity index (χ0) is 16.2. The van der Waals surface area contributed by atoms with Crippen LogP contribution in [0, 0.1) is 6.92 Å². The van der Waals surface area contributed by atoms with E-state index in [1.807, 2.05) is 48.2 Å². The van der Waals surface area contributed by atoms with Gasteiger partial charge in [0.1, 0.15) is 0 Å². The lowest BCUT2D eigenvalue weighted by Gasteiger charge is -2.36. The molecule has 0 aliphatic carbocycles. The molecule has 2 aromatic carbocycles. The third-order valence-electron chi connectivity index (χ3n) is 4.46. The van der Waals surface area contributed by atoms with Crippen molar-refractivity contribution in [3.8, 4) is 0 Å². The highest BCUT2D eigenvalue weighted by Crippen LogP contribution is 2.22. The van der Waals surface area contributed by atoms with E-state index in [4.69, 9.17) is 5.73 Å². The van der Waals surface area contributed by atoms with Gasteiger partial charge in [0.2, 0.25) is 5.91 Å². The van der Waals surface area contributed by atoms with Gasteiger partial charge in [0.15, 0.2) is 0 Å². The number of nitrogens with zero attached hydrogens (tertiary/aromatic N) is 2. The summed E-state index contributed by atoms with van der Waals surface area (Å²) in [5.74, 6) is 0.208. The van der Waals surface area contributed by atoms with E-state index in [1.165, 1.54) is 0 Å². The molecule has 0 saturated carbocycles. The number of aryl methyl sites for hydroxylation is 1. The minimum Gasteiger partial charge on any atom is -0.398 e. The number of nitrogen functional groups attached to an aromatic ring is 1. The van der Waals surface area contributed by atoms with E-state index in [0.29, 0.717) is 6.42 Å². The average molecular weight is 309 g/mol. The molecule has 0 aromatic heterocycles. The molecule has 120 valence electrons. The number of hydrogen-bond acceptors (Lipinski definition) is 3. The first kappa shape index (κ1) is 15.4. The summed E-state index contributed by atoms with van der Waals surface area (Å²) in [4.78, 5) is 16.6. The molecule has 1 aliphatic heterocycles. The molecule has 0 spiro atoms. The molecule has 0 unspecified atom stereocenters. The average Bonchev–Trinajstić information content (AvgIpc) is 2.58. The van der Waals surface area contributed by atoms with E-state index in [-0.39, 0.29) is 5.91 Å². The van der Waals surface area contributed by atoms with Gasteiger partial charge in [-0.2, -0.15) is 0 Å². The number of benzene rings is 2. The molecule has 23 heavy (non-hydrogen) atoms. The number of piperazine rings is 1. The fourth-order valence-electron chi connectivity index (χ4n) is 2.92. The fourth-order valence-corrected chi connectivity index (χ4v) is 2.92. The van der Waals surface area contributed by atoms with E-state index in [1.54, 1.807) is 0 Å². The largest absolute Gasteiger partial charge is 0.398 e. The Balaban J connectivity index is 1.57. The summed E-state index contributed by atoms with van der Waals surface area (Å²) in [5.41, 5.74) is 10.1. The monoisotopic (exact) mass is 309 g/mol. The van der Waals surface area contributed by atoms with Gasteiger partial charge < -0.3 is 15.5 Å². The predicted octanol–water partition coefficient (Wildman–Crippen LogP) is 2.47. The molecule has 2 aromatic rings. The summed E-state index contributed by atoms with van der Waals surface area (Å²) in [6, 6.07) is 16.1. The van der Waals surface area contributed by atoms with E-state index in [2.05, 4.69) is 17.0 Å². The second-order valence-corrected chi connectivity index (χ2v) is 6.07. The van der Waals surface area contributed by atoms with E-state index < -0.39 is 0 Å². The maximum absolute atomic E-state index is 12.4. The maximum atomic E-state index is 12.4. The minimum absolute atomic E-state index is 0.208. The molecule has 2 N–H and O–H groups in total. The first-order valence-electron chi connectivity index (χ1n) is 8.06. The van der Waals surface area contributed by atoms with Crippen molar-refractivity contribution in [1.29, 1.82) is 0 Å². The summed E-state index contributed by atoms with van der Waals surface area (Å²) in [5, 5.41) is 0. The van der Waals surface area contributed by atoms with Gasteiger partial charge >= 0.3 is 0 Å². The van der Waals surface area contributed by atoms with Gasteiger partial charge in [-0.15, -0.1) is 0 Å². The summed E-state index contributed by atoms with van der Waals surface area (Å²) < 4.78 is 0. The third-order valence-corrected chi connectivity index (χ3v) is 4.46. The van der Waals surface area contributed by atoms with Crippen molar-refractivity contribution in [2.24, 2.45) is 0 Å². The van der Waals surface area contributed by atoms with Crippen LogP contribution in [0.15, 0.2) is 48.5 Å². The van der Waals surface area contributed by atoms with Crippen LogP contribution in [0.25, 0.3) is 0 Å². The van der Waals surface area contributed by atoms with Gasteiger partial charge in [-0.1, -0.05) is 36.4 Å². The van der Waals surface area contributed by atoms with Crippen LogP contribution >= 0.6 is 0 Å². The van der Waals surface area contributed by atoms with Gasteiger partial charge in [-0.25, -0.2) is 0 Å². The van der Waals surface area contributed by atoms with Crippen LogP contribution in [0.4, 0.5) is 11.4 Å². The van der Waals surface area contributed by atoms with Crippen molar-refractivity contribution in [2.45, 2.75) is 13.3 Å². The van der Waals surface area contributed by atoms with Crippen molar-refractivity contribution in [3.05, 3.63) is 59.7 Å². The SMILES string of the molecule is Cc1ccc(N2CCN(C(=O)Cc3ccccc3)CC2)cc1N. The maximum Gasteiger partial charge on any atom is 0.227 e. The number of nitrogens with two attached hydrogens (primary N) is 1. The molecule has 1 heterocycles. The standard InChI is InChI=1S/C19H23N3O/c1-15-7-8-17(14-18(15)20)21-9-11-22(12-10-21)19(23)13-16-5-3-2-4-6-16/h2-8,14H,9-13,20H2,1H3. The quantitative estimate of drug-likeness (QED) is 0.886. The Morgan fingerprint density at radius 1 is 1.04 bits per heavy atom. The number of carbonyl (C=O) groups is 1. The Bertz CT molecular complexity index is 676. The summed E-state index contributed by atoms with van der Waals surface area (Å²) in [6.45, 7) is 5.24. The summed E-state index contributed by atoms with van der Waals surface area (Å²) >= 11 is 0. The molecule has 1 saturated heterocycles. The minimum atomic E-state index is 0.208. The first-order valence-corrected chi connectivity index (χ1v) is 8.06. The molecule has 0 radical (unpaired) electrons. The van der Waals surface area contributed by atoms with Crippen LogP contribution < -0.4 is 10.6 Å². The van der Waals surface area contributed by atoms with Crippen LogP contribution in [0.1, 0.15) is 11.1 Å². The van der Waals surface area contributed by atoms with Crippen molar-refractivity contribution in [1.82, 2.24) is 4.90 Å². The Labute approximate surface area is 137 Å². The number of amides is 1. The second kappa shape index (κ2) is 6.73. The van der Waals surface area contributed by atoms with Crippen LogP contribution in [0.5, 0.6) is 0 Å².